The predicted octanol–water partition coefficient (Wildman–Crippen LogP) is 19.5. The van der Waals surface area contributed by atoms with Gasteiger partial charge in [0.15, 0.2) is 0 Å². The van der Waals surface area contributed by atoms with Crippen molar-refractivity contribution in [1.82, 2.24) is 0 Å². The third-order valence-corrected chi connectivity index (χ3v) is 18.7. The van der Waals surface area contributed by atoms with E-state index in [4.69, 9.17) is 0 Å². The van der Waals surface area contributed by atoms with Gasteiger partial charge in [0.05, 0.1) is 0 Å². The molecule has 4 fully saturated rings. The molecule has 0 radical (unpaired) electrons. The first kappa shape index (κ1) is 43.6. The summed E-state index contributed by atoms with van der Waals surface area (Å²) in [5.41, 5.74) is 27.6. The van der Waals surface area contributed by atoms with Gasteiger partial charge in [0.25, 0.3) is 0 Å². The van der Waals surface area contributed by atoms with Crippen molar-refractivity contribution < 1.29 is 0 Å². The molecule has 4 bridgehead atoms. The van der Waals surface area contributed by atoms with Gasteiger partial charge in [-0.05, 0) is 192 Å². The van der Waals surface area contributed by atoms with Gasteiger partial charge in [-0.15, -0.1) is 0 Å². The monoisotopic (exact) mass is 949 g/mol. The second-order valence-corrected chi connectivity index (χ2v) is 22.8. The Labute approximate surface area is 436 Å². The van der Waals surface area contributed by atoms with Crippen LogP contribution in [0.4, 0.5) is 17.1 Å². The molecular formula is C73H59N. The van der Waals surface area contributed by atoms with Crippen molar-refractivity contribution in [1.29, 1.82) is 0 Å². The number of fused-ring (bicyclic) bond motifs is 6. The van der Waals surface area contributed by atoms with Crippen LogP contribution in [-0.2, 0) is 10.8 Å². The minimum absolute atomic E-state index is 0.0831. The molecule has 10 aromatic carbocycles. The van der Waals surface area contributed by atoms with Crippen molar-refractivity contribution in [3.05, 3.63) is 259 Å². The highest BCUT2D eigenvalue weighted by atomic mass is 15.1. The molecule has 0 amide bonds. The zero-order valence-electron chi connectivity index (χ0n) is 42.3. The Bertz CT molecular complexity index is 3770. The maximum Gasteiger partial charge on any atom is 0.0465 e. The SMILES string of the molecule is CC1(C)c2ccccc2-c2cccc(-c3ccccc3-c3ccc(N(c4ccc(-c5ccc(-c6ccccc6-c6ccccc6)cc5)cc4)c4ccc5c(c4)C4(c6ccccc6-5)C5CC6CC(C5)CC4C6)cc3)c21. The van der Waals surface area contributed by atoms with Gasteiger partial charge >= 0.3 is 0 Å². The van der Waals surface area contributed by atoms with Crippen molar-refractivity contribution in [2.45, 2.75) is 56.8 Å². The van der Waals surface area contributed by atoms with Crippen LogP contribution < -0.4 is 4.90 Å². The van der Waals surface area contributed by atoms with E-state index in [9.17, 15) is 0 Å². The fourth-order valence-corrected chi connectivity index (χ4v) is 15.8. The minimum atomic E-state index is -0.111. The standard InChI is InChI=1S/C73H59N/c1-72(2)68-25-12-10-22-64(68)67-24-14-23-66(71(67)72)62-20-9-8-19-61(62)53-33-37-57(38-34-53)74(56-35-31-50(32-36-56)49-27-29-52(30-28-49)60-18-7-6-17-59(60)51-15-4-3-5-16-51)58-39-40-65-63-21-11-13-26-69(63)73(70(65)46-58)54-42-47-41-48(44-54)45-55(73)43-47/h3-40,46-48,54-55H,41-45H2,1-2H3. The molecule has 0 heterocycles. The predicted molar refractivity (Wildman–Crippen MR) is 309 cm³/mol. The van der Waals surface area contributed by atoms with Crippen molar-refractivity contribution in [3.63, 3.8) is 0 Å². The van der Waals surface area contributed by atoms with E-state index in [2.05, 4.69) is 255 Å². The first-order chi connectivity index (χ1) is 36.4. The lowest BCUT2D eigenvalue weighted by Gasteiger charge is -2.61. The summed E-state index contributed by atoms with van der Waals surface area (Å²) in [6, 6.07) is 89.3. The largest absolute Gasteiger partial charge is 0.310 e. The summed E-state index contributed by atoms with van der Waals surface area (Å²) in [6.07, 6.45) is 6.94. The number of anilines is 3. The van der Waals surface area contributed by atoms with E-state index in [0.717, 1.165) is 23.2 Å². The lowest BCUT2D eigenvalue weighted by Crippen LogP contribution is -2.55. The second kappa shape index (κ2) is 16.8. The van der Waals surface area contributed by atoms with Gasteiger partial charge in [-0.1, -0.05) is 214 Å². The average Bonchev–Trinajstić information content (AvgIpc) is 3.89. The molecule has 4 saturated carbocycles. The van der Waals surface area contributed by atoms with E-state index in [-0.39, 0.29) is 10.8 Å². The van der Waals surface area contributed by atoms with E-state index in [1.807, 2.05) is 0 Å². The molecule has 356 valence electrons. The van der Waals surface area contributed by atoms with Crippen LogP contribution in [0.25, 0.3) is 77.9 Å². The van der Waals surface area contributed by atoms with Crippen LogP contribution in [0, 0.1) is 23.7 Å². The number of rotatable bonds is 8. The van der Waals surface area contributed by atoms with Crippen LogP contribution in [0.1, 0.15) is 68.2 Å². The normalized spacial score (nSPS) is 21.0. The highest BCUT2D eigenvalue weighted by Crippen LogP contribution is 2.69. The number of hydrogen-bond acceptors (Lipinski definition) is 1. The smallest absolute Gasteiger partial charge is 0.0465 e. The van der Waals surface area contributed by atoms with E-state index >= 15 is 0 Å². The van der Waals surface area contributed by atoms with Crippen LogP contribution in [0.15, 0.2) is 237 Å². The van der Waals surface area contributed by atoms with E-state index in [0.29, 0.717) is 11.8 Å². The molecule has 0 unspecified atom stereocenters. The van der Waals surface area contributed by atoms with Crippen LogP contribution in [0.2, 0.25) is 0 Å². The molecule has 1 heteroatoms. The highest BCUT2D eigenvalue weighted by molar-refractivity contribution is 5.94. The van der Waals surface area contributed by atoms with Gasteiger partial charge in [0, 0.05) is 27.9 Å². The number of benzene rings is 10. The van der Waals surface area contributed by atoms with Gasteiger partial charge in [-0.2, -0.15) is 0 Å². The van der Waals surface area contributed by atoms with Gasteiger partial charge in [-0.3, -0.25) is 0 Å². The Morgan fingerprint density at radius 2 is 0.689 bits per heavy atom. The average molecular weight is 950 g/mol. The third kappa shape index (κ3) is 6.55. The maximum atomic E-state index is 2.64. The molecule has 0 aliphatic heterocycles. The molecule has 1 nitrogen and oxygen atoms in total. The zero-order chi connectivity index (χ0) is 49.1. The Morgan fingerprint density at radius 3 is 1.28 bits per heavy atom. The fourth-order valence-electron chi connectivity index (χ4n) is 15.8. The first-order valence-corrected chi connectivity index (χ1v) is 27.2. The first-order valence-electron chi connectivity index (χ1n) is 27.2. The van der Waals surface area contributed by atoms with Crippen LogP contribution >= 0.6 is 0 Å². The molecule has 1 spiro atoms. The molecule has 0 aromatic heterocycles. The Kier molecular flexibility index (Phi) is 9.87. The molecule has 0 saturated heterocycles. The number of hydrogen-bond donors (Lipinski definition) is 0. The van der Waals surface area contributed by atoms with Crippen molar-refractivity contribution in [2.75, 3.05) is 4.90 Å². The van der Waals surface area contributed by atoms with Gasteiger partial charge in [-0.25, -0.2) is 0 Å². The van der Waals surface area contributed by atoms with E-state index in [1.54, 1.807) is 11.1 Å². The van der Waals surface area contributed by atoms with Crippen LogP contribution in [0.5, 0.6) is 0 Å². The van der Waals surface area contributed by atoms with E-state index < -0.39 is 0 Å². The quantitative estimate of drug-likeness (QED) is 0.147. The van der Waals surface area contributed by atoms with Crippen molar-refractivity contribution >= 4 is 17.1 Å². The summed E-state index contributed by atoms with van der Waals surface area (Å²) >= 11 is 0. The van der Waals surface area contributed by atoms with Crippen molar-refractivity contribution in [2.24, 2.45) is 23.7 Å². The zero-order valence-corrected chi connectivity index (χ0v) is 42.3. The third-order valence-electron chi connectivity index (χ3n) is 18.7. The molecule has 10 aromatic rings. The Balaban J connectivity index is 0.828. The Hall–Kier alpha value is -8.00. The number of nitrogens with zero attached hydrogens (tertiary/aromatic N) is 1. The van der Waals surface area contributed by atoms with Gasteiger partial charge < -0.3 is 4.90 Å². The van der Waals surface area contributed by atoms with Crippen molar-refractivity contribution in [3.8, 4) is 77.9 Å². The summed E-state index contributed by atoms with van der Waals surface area (Å²) in [5, 5.41) is 0. The van der Waals surface area contributed by atoms with Crippen LogP contribution in [-0.4, -0.2) is 0 Å². The van der Waals surface area contributed by atoms with Gasteiger partial charge in [0.2, 0.25) is 0 Å². The lowest BCUT2D eigenvalue weighted by molar-refractivity contribution is -0.0399. The summed E-state index contributed by atoms with van der Waals surface area (Å²) in [6.45, 7) is 4.79. The van der Waals surface area contributed by atoms with Gasteiger partial charge in [0.1, 0.15) is 0 Å². The Morgan fingerprint density at radius 1 is 0.297 bits per heavy atom. The highest BCUT2D eigenvalue weighted by Gasteiger charge is 2.61. The maximum absolute atomic E-state index is 2.64. The molecule has 16 rings (SSSR count). The van der Waals surface area contributed by atoms with E-state index in [1.165, 1.54) is 127 Å². The molecule has 6 aliphatic carbocycles. The summed E-state index contributed by atoms with van der Waals surface area (Å²) in [5.74, 6) is 3.20. The molecule has 0 N–H and O–H groups in total. The fraction of sp³-hybridized carbons (Fsp3) is 0.178. The lowest BCUT2D eigenvalue weighted by atomic mass is 9.43. The van der Waals surface area contributed by atoms with Crippen LogP contribution in [0.3, 0.4) is 0 Å². The summed E-state index contributed by atoms with van der Waals surface area (Å²) < 4.78 is 0. The summed E-state index contributed by atoms with van der Waals surface area (Å²) in [7, 11) is 0. The second-order valence-electron chi connectivity index (χ2n) is 22.8. The summed E-state index contributed by atoms with van der Waals surface area (Å²) in [4.78, 5) is 2.53. The molecule has 0 atom stereocenters. The molecule has 74 heavy (non-hydrogen) atoms. The molecule has 6 aliphatic rings. The molecular weight excluding hydrogens is 891 g/mol. The minimum Gasteiger partial charge on any atom is -0.310 e. The topological polar surface area (TPSA) is 3.24 Å².